The van der Waals surface area contributed by atoms with Crippen molar-refractivity contribution in [2.75, 3.05) is 25.7 Å². The number of nitrogens with one attached hydrogen (secondary N) is 1. The Labute approximate surface area is 124 Å². The quantitative estimate of drug-likeness (QED) is 0.893. The van der Waals surface area contributed by atoms with Crippen LogP contribution in [0.15, 0.2) is 12.1 Å². The summed E-state index contributed by atoms with van der Waals surface area (Å²) in [7, 11) is 0.210. The highest BCUT2D eigenvalue weighted by atomic mass is 35.5. The highest BCUT2D eigenvalue weighted by Crippen LogP contribution is 2.37. The van der Waals surface area contributed by atoms with Crippen molar-refractivity contribution >= 4 is 21.4 Å². The maximum atomic E-state index is 11.4. The lowest BCUT2D eigenvalue weighted by atomic mass is 10.1. The first-order valence-electron chi connectivity index (χ1n) is 6.30. The van der Waals surface area contributed by atoms with Crippen molar-refractivity contribution in [3.8, 4) is 11.5 Å². The molecule has 1 aliphatic heterocycles. The van der Waals surface area contributed by atoms with Gasteiger partial charge in [-0.3, -0.25) is 0 Å². The third kappa shape index (κ3) is 3.37. The molecule has 1 fully saturated rings. The molecule has 7 heteroatoms. The molecule has 0 saturated carbocycles. The standard InChI is InChI=1S/C13H18ClNO4S/c1-18-11-4-3-9(12(14)13(11)19-2)7-15-10-5-6-20(16,17)8-10/h3-4,10,15H,5-8H2,1-2H3. The Morgan fingerprint density at radius 1 is 1.35 bits per heavy atom. The van der Waals surface area contributed by atoms with Crippen LogP contribution in [0.4, 0.5) is 0 Å². The van der Waals surface area contributed by atoms with Crippen LogP contribution in [0.2, 0.25) is 5.02 Å². The fourth-order valence-electron chi connectivity index (χ4n) is 2.28. The van der Waals surface area contributed by atoms with Crippen LogP contribution < -0.4 is 14.8 Å². The molecule has 2 rings (SSSR count). The summed E-state index contributed by atoms with van der Waals surface area (Å²) in [6.07, 6.45) is 0.646. The number of hydrogen-bond acceptors (Lipinski definition) is 5. The van der Waals surface area contributed by atoms with E-state index in [9.17, 15) is 8.42 Å². The van der Waals surface area contributed by atoms with Gasteiger partial charge >= 0.3 is 0 Å². The van der Waals surface area contributed by atoms with E-state index in [1.54, 1.807) is 13.2 Å². The molecule has 0 spiro atoms. The average molecular weight is 320 g/mol. The van der Waals surface area contributed by atoms with Gasteiger partial charge in [0.05, 0.1) is 30.7 Å². The number of hydrogen-bond donors (Lipinski definition) is 1. The molecule has 1 atom stereocenters. The molecular weight excluding hydrogens is 302 g/mol. The van der Waals surface area contributed by atoms with Crippen LogP contribution >= 0.6 is 11.6 Å². The Bertz CT molecular complexity index is 588. The van der Waals surface area contributed by atoms with Crippen molar-refractivity contribution in [1.82, 2.24) is 5.32 Å². The minimum absolute atomic E-state index is 0.0100. The second-order valence-electron chi connectivity index (χ2n) is 4.76. The summed E-state index contributed by atoms with van der Waals surface area (Å²) in [6, 6.07) is 3.62. The molecule has 1 aliphatic rings. The summed E-state index contributed by atoms with van der Waals surface area (Å²) in [6.45, 7) is 0.499. The van der Waals surface area contributed by atoms with Crippen molar-refractivity contribution in [3.63, 3.8) is 0 Å². The van der Waals surface area contributed by atoms with Crippen molar-refractivity contribution in [2.45, 2.75) is 19.0 Å². The predicted molar refractivity (Wildman–Crippen MR) is 78.5 cm³/mol. The van der Waals surface area contributed by atoms with E-state index in [1.807, 2.05) is 6.07 Å². The second-order valence-corrected chi connectivity index (χ2v) is 7.36. The summed E-state index contributed by atoms with van der Waals surface area (Å²) in [4.78, 5) is 0. The summed E-state index contributed by atoms with van der Waals surface area (Å²) in [5.74, 6) is 1.51. The molecule has 1 aromatic carbocycles. The average Bonchev–Trinajstić information content (AvgIpc) is 2.76. The Kier molecular flexibility index (Phi) is 4.78. The molecule has 1 saturated heterocycles. The largest absolute Gasteiger partial charge is 0.493 e. The molecular formula is C13H18ClNO4S. The number of methoxy groups -OCH3 is 2. The summed E-state index contributed by atoms with van der Waals surface area (Å²) < 4.78 is 33.2. The van der Waals surface area contributed by atoms with Gasteiger partial charge in [-0.25, -0.2) is 8.42 Å². The van der Waals surface area contributed by atoms with E-state index in [0.29, 0.717) is 29.5 Å². The van der Waals surface area contributed by atoms with Gasteiger partial charge in [0.1, 0.15) is 0 Å². The van der Waals surface area contributed by atoms with Crippen LogP contribution in [-0.4, -0.2) is 40.2 Å². The van der Waals surface area contributed by atoms with Crippen molar-refractivity contribution in [3.05, 3.63) is 22.7 Å². The topological polar surface area (TPSA) is 64.6 Å². The molecule has 0 aromatic heterocycles. The van der Waals surface area contributed by atoms with Gasteiger partial charge in [0.2, 0.25) is 0 Å². The summed E-state index contributed by atoms with van der Waals surface area (Å²) in [5.41, 5.74) is 0.855. The molecule has 0 amide bonds. The lowest BCUT2D eigenvalue weighted by Crippen LogP contribution is -2.29. The lowest BCUT2D eigenvalue weighted by Gasteiger charge is -2.15. The van der Waals surface area contributed by atoms with E-state index in [-0.39, 0.29) is 17.5 Å². The first-order valence-corrected chi connectivity index (χ1v) is 8.50. The van der Waals surface area contributed by atoms with E-state index in [1.165, 1.54) is 7.11 Å². The van der Waals surface area contributed by atoms with E-state index in [4.69, 9.17) is 21.1 Å². The van der Waals surface area contributed by atoms with Gasteiger partial charge in [-0.2, -0.15) is 0 Å². The zero-order chi connectivity index (χ0) is 14.8. The van der Waals surface area contributed by atoms with Gasteiger partial charge in [-0.05, 0) is 18.1 Å². The van der Waals surface area contributed by atoms with E-state index >= 15 is 0 Å². The van der Waals surface area contributed by atoms with Gasteiger partial charge < -0.3 is 14.8 Å². The van der Waals surface area contributed by atoms with Gasteiger partial charge in [0.25, 0.3) is 0 Å². The number of halogens is 1. The molecule has 1 aromatic rings. The third-order valence-electron chi connectivity index (χ3n) is 3.38. The molecule has 5 nitrogen and oxygen atoms in total. The molecule has 1 unspecified atom stereocenters. The number of benzene rings is 1. The number of sulfone groups is 1. The SMILES string of the molecule is COc1ccc(CNC2CCS(=O)(=O)C2)c(Cl)c1OC. The molecule has 20 heavy (non-hydrogen) atoms. The Morgan fingerprint density at radius 3 is 2.65 bits per heavy atom. The maximum Gasteiger partial charge on any atom is 0.179 e. The van der Waals surface area contributed by atoms with Gasteiger partial charge in [0.15, 0.2) is 21.3 Å². The molecule has 1 heterocycles. The zero-order valence-corrected chi connectivity index (χ0v) is 13.1. The first kappa shape index (κ1) is 15.4. The molecule has 0 radical (unpaired) electrons. The zero-order valence-electron chi connectivity index (χ0n) is 11.5. The van der Waals surface area contributed by atoms with Gasteiger partial charge in [0, 0.05) is 12.6 Å². The van der Waals surface area contributed by atoms with Crippen LogP contribution in [0.5, 0.6) is 11.5 Å². The van der Waals surface area contributed by atoms with E-state index in [2.05, 4.69) is 5.32 Å². The van der Waals surface area contributed by atoms with E-state index in [0.717, 1.165) is 5.56 Å². The van der Waals surface area contributed by atoms with Crippen LogP contribution in [0.1, 0.15) is 12.0 Å². The fourth-order valence-corrected chi connectivity index (χ4v) is 4.28. The monoisotopic (exact) mass is 319 g/mol. The van der Waals surface area contributed by atoms with Crippen molar-refractivity contribution < 1.29 is 17.9 Å². The molecule has 1 N–H and O–H groups in total. The second kappa shape index (κ2) is 6.20. The number of rotatable bonds is 5. The van der Waals surface area contributed by atoms with Gasteiger partial charge in [-0.1, -0.05) is 17.7 Å². The third-order valence-corrected chi connectivity index (χ3v) is 5.56. The minimum Gasteiger partial charge on any atom is -0.493 e. The fraction of sp³-hybridized carbons (Fsp3) is 0.538. The summed E-state index contributed by atoms with van der Waals surface area (Å²) in [5, 5.41) is 3.71. The van der Waals surface area contributed by atoms with Gasteiger partial charge in [-0.15, -0.1) is 0 Å². The van der Waals surface area contributed by atoms with Crippen LogP contribution in [0.3, 0.4) is 0 Å². The molecule has 0 aliphatic carbocycles. The summed E-state index contributed by atoms with van der Waals surface area (Å²) >= 11 is 6.27. The Morgan fingerprint density at radius 2 is 2.10 bits per heavy atom. The first-order chi connectivity index (χ1) is 9.46. The van der Waals surface area contributed by atoms with E-state index < -0.39 is 9.84 Å². The smallest absolute Gasteiger partial charge is 0.179 e. The van der Waals surface area contributed by atoms with Crippen LogP contribution in [0, 0.1) is 0 Å². The molecule has 0 bridgehead atoms. The van der Waals surface area contributed by atoms with Crippen LogP contribution in [0.25, 0.3) is 0 Å². The molecule has 112 valence electrons. The Balaban J connectivity index is 2.07. The highest BCUT2D eigenvalue weighted by Gasteiger charge is 2.27. The Hall–Kier alpha value is -0.980. The van der Waals surface area contributed by atoms with Crippen LogP contribution in [-0.2, 0) is 16.4 Å². The lowest BCUT2D eigenvalue weighted by molar-refractivity contribution is 0.354. The predicted octanol–water partition coefficient (Wildman–Crippen LogP) is 1.63. The number of ether oxygens (including phenoxy) is 2. The van der Waals surface area contributed by atoms with Crippen molar-refractivity contribution in [2.24, 2.45) is 0 Å². The maximum absolute atomic E-state index is 11.4. The van der Waals surface area contributed by atoms with Crippen molar-refractivity contribution in [1.29, 1.82) is 0 Å². The normalized spacial score (nSPS) is 20.9. The minimum atomic E-state index is -2.87. The highest BCUT2D eigenvalue weighted by molar-refractivity contribution is 7.91.